The highest BCUT2D eigenvalue weighted by molar-refractivity contribution is 5.93. The normalized spacial score (nSPS) is 13.5. The van der Waals surface area contributed by atoms with E-state index >= 15 is 0 Å². The first-order chi connectivity index (χ1) is 16.8. The van der Waals surface area contributed by atoms with E-state index in [-0.39, 0.29) is 29.8 Å². The van der Waals surface area contributed by atoms with Crippen molar-refractivity contribution < 1.29 is 22.8 Å². The third-order valence-corrected chi connectivity index (χ3v) is 5.33. The van der Waals surface area contributed by atoms with Crippen LogP contribution < -0.4 is 10.6 Å². The van der Waals surface area contributed by atoms with Crippen molar-refractivity contribution in [1.82, 2.24) is 35.5 Å². The molecule has 1 aliphatic rings. The number of nitrogens with zero attached hydrogens (tertiary/aromatic N) is 6. The number of carbonyl (C=O) groups is 2. The van der Waals surface area contributed by atoms with Crippen molar-refractivity contribution in [2.75, 3.05) is 5.32 Å². The van der Waals surface area contributed by atoms with Crippen LogP contribution in [0.15, 0.2) is 36.7 Å². The molecule has 1 aliphatic carbocycles. The van der Waals surface area contributed by atoms with E-state index in [4.69, 9.17) is 0 Å². The predicted octanol–water partition coefficient (Wildman–Crippen LogP) is 2.78. The number of nitrogens with one attached hydrogen (secondary N) is 2. The molecule has 1 saturated carbocycles. The number of anilines is 1. The smallest absolute Gasteiger partial charge is 0.345 e. The second-order valence-electron chi connectivity index (χ2n) is 8.21. The first-order valence-corrected chi connectivity index (χ1v) is 11.1. The van der Waals surface area contributed by atoms with Gasteiger partial charge < -0.3 is 10.6 Å². The molecule has 4 rings (SSSR count). The Morgan fingerprint density at radius 3 is 2.60 bits per heavy atom. The van der Waals surface area contributed by atoms with Gasteiger partial charge in [0, 0.05) is 18.7 Å². The van der Waals surface area contributed by atoms with Gasteiger partial charge in [-0.05, 0) is 56.4 Å². The summed E-state index contributed by atoms with van der Waals surface area (Å²) < 4.78 is 39.9. The van der Waals surface area contributed by atoms with Gasteiger partial charge in [-0.2, -0.15) is 18.3 Å². The van der Waals surface area contributed by atoms with Gasteiger partial charge in [0.15, 0.2) is 11.5 Å². The minimum Gasteiger partial charge on any atom is -0.345 e. The zero-order valence-corrected chi connectivity index (χ0v) is 18.6. The third-order valence-electron chi connectivity index (χ3n) is 5.33. The summed E-state index contributed by atoms with van der Waals surface area (Å²) in [5.74, 6) is -0.0185. The zero-order valence-electron chi connectivity index (χ0n) is 18.6. The summed E-state index contributed by atoms with van der Waals surface area (Å²) in [5, 5.41) is 21.1. The molecule has 0 aliphatic heterocycles. The molecule has 0 aromatic carbocycles. The average molecular weight is 488 g/mol. The van der Waals surface area contributed by atoms with E-state index in [1.807, 2.05) is 6.07 Å². The standard InChI is InChI=1S/C22H23F3N8O2/c23-22(24,25)15-8-9-26-17(11-15)12-27-21(35)18-13-33(32-30-18)10-2-1-3-16-6-7-19(31-29-16)28-20(34)14-4-5-14/h6-9,11,13-14H,1-5,10,12H2,(H,27,35)(H,28,31,34). The molecular weight excluding hydrogens is 465 g/mol. The highest BCUT2D eigenvalue weighted by atomic mass is 19.4. The molecular formula is C22H23F3N8O2. The molecule has 184 valence electrons. The molecule has 0 radical (unpaired) electrons. The first kappa shape index (κ1) is 24.2. The number of unbranched alkanes of at least 4 members (excludes halogenated alkanes) is 1. The molecule has 0 spiro atoms. The van der Waals surface area contributed by atoms with E-state index < -0.39 is 17.6 Å². The van der Waals surface area contributed by atoms with Gasteiger partial charge in [-0.1, -0.05) is 5.21 Å². The summed E-state index contributed by atoms with van der Waals surface area (Å²) in [6.45, 7) is 0.359. The van der Waals surface area contributed by atoms with Crippen LogP contribution in [0.1, 0.15) is 53.1 Å². The molecule has 2 N–H and O–H groups in total. The Kier molecular flexibility index (Phi) is 7.32. The molecule has 3 aromatic rings. The fraction of sp³-hybridized carbons (Fsp3) is 0.409. The van der Waals surface area contributed by atoms with Gasteiger partial charge in [0.2, 0.25) is 5.91 Å². The number of aromatic nitrogens is 6. The molecule has 3 aromatic heterocycles. The largest absolute Gasteiger partial charge is 0.416 e. The van der Waals surface area contributed by atoms with Crippen LogP contribution in [0.5, 0.6) is 0 Å². The molecule has 0 atom stereocenters. The fourth-order valence-electron chi connectivity index (χ4n) is 3.24. The van der Waals surface area contributed by atoms with Crippen LogP contribution in [-0.2, 0) is 30.5 Å². The van der Waals surface area contributed by atoms with Crippen LogP contribution in [0.4, 0.5) is 19.0 Å². The summed E-state index contributed by atoms with van der Waals surface area (Å²) in [7, 11) is 0. The molecule has 0 saturated heterocycles. The number of hydrogen-bond acceptors (Lipinski definition) is 7. The van der Waals surface area contributed by atoms with E-state index in [1.165, 1.54) is 10.9 Å². The number of halogens is 3. The Morgan fingerprint density at radius 2 is 1.89 bits per heavy atom. The molecule has 2 amide bonds. The van der Waals surface area contributed by atoms with Gasteiger partial charge in [-0.25, -0.2) is 0 Å². The van der Waals surface area contributed by atoms with Crippen LogP contribution in [0.3, 0.4) is 0 Å². The van der Waals surface area contributed by atoms with E-state index in [9.17, 15) is 22.8 Å². The molecule has 13 heteroatoms. The lowest BCUT2D eigenvalue weighted by atomic mass is 10.2. The van der Waals surface area contributed by atoms with Crippen molar-refractivity contribution in [3.05, 3.63) is 59.3 Å². The van der Waals surface area contributed by atoms with Crippen LogP contribution in [-0.4, -0.2) is 42.0 Å². The van der Waals surface area contributed by atoms with Crippen molar-refractivity contribution in [2.45, 2.75) is 51.4 Å². The Balaban J connectivity index is 1.18. The van der Waals surface area contributed by atoms with E-state index in [0.717, 1.165) is 49.7 Å². The van der Waals surface area contributed by atoms with E-state index in [0.29, 0.717) is 18.8 Å². The van der Waals surface area contributed by atoms with Gasteiger partial charge in [0.1, 0.15) is 0 Å². The molecule has 0 bridgehead atoms. The van der Waals surface area contributed by atoms with Gasteiger partial charge in [0.25, 0.3) is 5.91 Å². The van der Waals surface area contributed by atoms with Gasteiger partial charge >= 0.3 is 6.18 Å². The van der Waals surface area contributed by atoms with E-state index in [2.05, 4.69) is 36.1 Å². The Morgan fingerprint density at radius 1 is 1.06 bits per heavy atom. The summed E-state index contributed by atoms with van der Waals surface area (Å²) in [6.07, 6.45) is 2.13. The van der Waals surface area contributed by atoms with Crippen LogP contribution in [0, 0.1) is 5.92 Å². The second-order valence-corrected chi connectivity index (χ2v) is 8.21. The van der Waals surface area contributed by atoms with Gasteiger partial charge in [0.05, 0.1) is 29.7 Å². The van der Waals surface area contributed by atoms with Crippen molar-refractivity contribution in [1.29, 1.82) is 0 Å². The maximum absolute atomic E-state index is 12.8. The van der Waals surface area contributed by atoms with Crippen molar-refractivity contribution in [3.8, 4) is 0 Å². The van der Waals surface area contributed by atoms with Crippen molar-refractivity contribution >= 4 is 17.6 Å². The topological polar surface area (TPSA) is 128 Å². The van der Waals surface area contributed by atoms with Gasteiger partial charge in [-0.3, -0.25) is 19.3 Å². The summed E-state index contributed by atoms with van der Waals surface area (Å²) in [4.78, 5) is 27.8. The predicted molar refractivity (Wildman–Crippen MR) is 117 cm³/mol. The third kappa shape index (κ3) is 7.04. The van der Waals surface area contributed by atoms with Crippen molar-refractivity contribution in [2.24, 2.45) is 5.92 Å². The number of pyridine rings is 1. The zero-order chi connectivity index (χ0) is 24.8. The number of alkyl halides is 3. The highest BCUT2D eigenvalue weighted by Crippen LogP contribution is 2.30. The lowest BCUT2D eigenvalue weighted by Crippen LogP contribution is -2.24. The monoisotopic (exact) mass is 488 g/mol. The van der Waals surface area contributed by atoms with Gasteiger partial charge in [-0.15, -0.1) is 10.2 Å². The van der Waals surface area contributed by atoms with Crippen LogP contribution in [0.2, 0.25) is 0 Å². The lowest BCUT2D eigenvalue weighted by molar-refractivity contribution is -0.137. The Labute approximate surface area is 198 Å². The lowest BCUT2D eigenvalue weighted by Gasteiger charge is -2.08. The minimum atomic E-state index is -4.48. The summed E-state index contributed by atoms with van der Waals surface area (Å²) >= 11 is 0. The maximum atomic E-state index is 12.8. The first-order valence-electron chi connectivity index (χ1n) is 11.1. The van der Waals surface area contributed by atoms with Crippen LogP contribution >= 0.6 is 0 Å². The SMILES string of the molecule is O=C(NCc1cc(C(F)(F)F)ccn1)c1cn(CCCCc2ccc(NC(=O)C3CC3)nn2)nn1. The second kappa shape index (κ2) is 10.6. The molecule has 0 unspecified atom stereocenters. The maximum Gasteiger partial charge on any atom is 0.416 e. The highest BCUT2D eigenvalue weighted by Gasteiger charge is 2.31. The number of aryl methyl sites for hydroxylation is 2. The summed E-state index contributed by atoms with van der Waals surface area (Å²) in [5.41, 5.74) is 0.120. The quantitative estimate of drug-likeness (QED) is 0.420. The van der Waals surface area contributed by atoms with Crippen molar-refractivity contribution in [3.63, 3.8) is 0 Å². The van der Waals surface area contributed by atoms with Crippen LogP contribution in [0.25, 0.3) is 0 Å². The molecule has 10 nitrogen and oxygen atoms in total. The minimum absolute atomic E-state index is 0.0137. The number of rotatable bonds is 10. The number of amides is 2. The molecule has 35 heavy (non-hydrogen) atoms. The van der Waals surface area contributed by atoms with E-state index in [1.54, 1.807) is 6.07 Å². The fourth-order valence-corrected chi connectivity index (χ4v) is 3.24. The number of carbonyl (C=O) groups excluding carboxylic acids is 2. The molecule has 3 heterocycles. The number of hydrogen-bond donors (Lipinski definition) is 2. The average Bonchev–Trinajstić information content (AvgIpc) is 3.59. The Bertz CT molecular complexity index is 1180. The summed E-state index contributed by atoms with van der Waals surface area (Å²) in [6, 6.07) is 5.32. The molecule has 1 fully saturated rings. The Hall–Kier alpha value is -3.90.